The summed E-state index contributed by atoms with van der Waals surface area (Å²) in [5.74, 6) is 0.684. The lowest BCUT2D eigenvalue weighted by Gasteiger charge is -2.04. The van der Waals surface area contributed by atoms with Crippen LogP contribution in [-0.2, 0) is 13.1 Å². The molecule has 1 heterocycles. The summed E-state index contributed by atoms with van der Waals surface area (Å²) in [5.41, 5.74) is 6.49. The number of hydrogen-bond donors (Lipinski definition) is 1. The summed E-state index contributed by atoms with van der Waals surface area (Å²) in [6.07, 6.45) is 1.44. The molecule has 0 spiro atoms. The van der Waals surface area contributed by atoms with Gasteiger partial charge < -0.3 is 5.73 Å². The number of non-ortho nitro benzene ring substituents is 1. The molecular weight excluding hydrogens is 222 g/mol. The van der Waals surface area contributed by atoms with Gasteiger partial charge in [0, 0.05) is 12.1 Å². The quantitative estimate of drug-likeness (QED) is 0.618. The second kappa shape index (κ2) is 4.71. The molecule has 0 atom stereocenters. The Morgan fingerprint density at radius 3 is 2.65 bits per heavy atom. The molecule has 0 saturated heterocycles. The average molecular weight is 233 g/mol. The Kier molecular flexibility index (Phi) is 3.10. The van der Waals surface area contributed by atoms with Crippen molar-refractivity contribution in [2.45, 2.75) is 13.1 Å². The summed E-state index contributed by atoms with van der Waals surface area (Å²) in [5, 5.41) is 14.5. The van der Waals surface area contributed by atoms with E-state index in [1.807, 2.05) is 0 Å². The predicted molar refractivity (Wildman–Crippen MR) is 60.1 cm³/mol. The molecule has 0 saturated carbocycles. The van der Waals surface area contributed by atoms with Crippen molar-refractivity contribution in [3.8, 4) is 0 Å². The van der Waals surface area contributed by atoms with E-state index in [2.05, 4.69) is 10.1 Å². The highest BCUT2D eigenvalue weighted by Crippen LogP contribution is 2.12. The second-order valence-electron chi connectivity index (χ2n) is 3.46. The maximum absolute atomic E-state index is 10.5. The summed E-state index contributed by atoms with van der Waals surface area (Å²) in [4.78, 5) is 14.1. The van der Waals surface area contributed by atoms with Crippen LogP contribution in [0, 0.1) is 10.1 Å². The molecule has 0 fully saturated rings. The molecule has 0 aliphatic heterocycles. The minimum absolute atomic E-state index is 0.0754. The number of hydrogen-bond acceptors (Lipinski definition) is 5. The first-order valence-corrected chi connectivity index (χ1v) is 5.01. The van der Waals surface area contributed by atoms with Gasteiger partial charge in [0.15, 0.2) is 0 Å². The summed E-state index contributed by atoms with van der Waals surface area (Å²) >= 11 is 0. The third kappa shape index (κ3) is 2.45. The van der Waals surface area contributed by atoms with E-state index in [4.69, 9.17) is 5.73 Å². The Balaban J connectivity index is 2.16. The van der Waals surface area contributed by atoms with Crippen molar-refractivity contribution in [1.29, 1.82) is 0 Å². The van der Waals surface area contributed by atoms with Crippen molar-refractivity contribution in [2.75, 3.05) is 0 Å². The van der Waals surface area contributed by atoms with Crippen molar-refractivity contribution in [1.82, 2.24) is 14.8 Å². The van der Waals surface area contributed by atoms with Gasteiger partial charge in [0.1, 0.15) is 12.2 Å². The van der Waals surface area contributed by atoms with Crippen LogP contribution in [0.4, 0.5) is 5.69 Å². The highest BCUT2D eigenvalue weighted by atomic mass is 16.6. The predicted octanol–water partition coefficient (Wildman–Crippen LogP) is 0.693. The van der Waals surface area contributed by atoms with Crippen LogP contribution in [0.25, 0.3) is 0 Å². The third-order valence-electron chi connectivity index (χ3n) is 2.36. The lowest BCUT2D eigenvalue weighted by atomic mass is 10.2. The van der Waals surface area contributed by atoms with Gasteiger partial charge in [-0.15, -0.1) is 0 Å². The van der Waals surface area contributed by atoms with Gasteiger partial charge in [-0.05, 0) is 5.56 Å². The van der Waals surface area contributed by atoms with E-state index in [0.717, 1.165) is 5.56 Å². The van der Waals surface area contributed by atoms with Gasteiger partial charge in [-0.1, -0.05) is 12.1 Å². The number of aromatic nitrogens is 3. The summed E-state index contributed by atoms with van der Waals surface area (Å²) in [6.45, 7) is 0.817. The van der Waals surface area contributed by atoms with Crippen molar-refractivity contribution in [3.05, 3.63) is 52.1 Å². The molecule has 0 bridgehead atoms. The minimum atomic E-state index is -0.426. The summed E-state index contributed by atoms with van der Waals surface area (Å²) < 4.78 is 1.67. The van der Waals surface area contributed by atoms with E-state index in [-0.39, 0.29) is 5.69 Å². The van der Waals surface area contributed by atoms with Gasteiger partial charge in [-0.25, -0.2) is 9.67 Å². The van der Waals surface area contributed by atoms with Crippen molar-refractivity contribution < 1.29 is 4.92 Å². The summed E-state index contributed by atoms with van der Waals surface area (Å²) in [6, 6.07) is 6.32. The van der Waals surface area contributed by atoms with Crippen LogP contribution in [0.1, 0.15) is 11.4 Å². The normalized spacial score (nSPS) is 10.4. The zero-order valence-corrected chi connectivity index (χ0v) is 8.98. The molecule has 17 heavy (non-hydrogen) atoms. The van der Waals surface area contributed by atoms with E-state index in [1.165, 1.54) is 18.5 Å². The molecule has 0 aliphatic carbocycles. The fourth-order valence-corrected chi connectivity index (χ4v) is 1.47. The van der Waals surface area contributed by atoms with Gasteiger partial charge in [0.2, 0.25) is 0 Å². The van der Waals surface area contributed by atoms with Crippen LogP contribution in [0.5, 0.6) is 0 Å². The van der Waals surface area contributed by atoms with E-state index in [9.17, 15) is 10.1 Å². The van der Waals surface area contributed by atoms with Crippen LogP contribution in [0.15, 0.2) is 30.6 Å². The number of benzene rings is 1. The van der Waals surface area contributed by atoms with Gasteiger partial charge in [0.25, 0.3) is 5.69 Å². The number of nitro groups is 1. The van der Waals surface area contributed by atoms with Crippen LogP contribution in [0.2, 0.25) is 0 Å². The highest BCUT2D eigenvalue weighted by Gasteiger charge is 2.06. The maximum Gasteiger partial charge on any atom is 0.269 e. The van der Waals surface area contributed by atoms with E-state index >= 15 is 0 Å². The Bertz CT molecular complexity index is 520. The molecular formula is C10H11N5O2. The molecule has 7 nitrogen and oxygen atoms in total. The van der Waals surface area contributed by atoms with Gasteiger partial charge in [-0.3, -0.25) is 10.1 Å². The molecule has 1 aromatic carbocycles. The number of nitro benzene ring substituents is 1. The maximum atomic E-state index is 10.5. The van der Waals surface area contributed by atoms with Crippen molar-refractivity contribution >= 4 is 5.69 Å². The topological polar surface area (TPSA) is 99.9 Å². The monoisotopic (exact) mass is 233 g/mol. The zero-order chi connectivity index (χ0) is 12.3. The van der Waals surface area contributed by atoms with Crippen LogP contribution >= 0.6 is 0 Å². The van der Waals surface area contributed by atoms with E-state index < -0.39 is 4.92 Å². The smallest absolute Gasteiger partial charge is 0.269 e. The molecule has 0 aliphatic rings. The highest BCUT2D eigenvalue weighted by molar-refractivity contribution is 5.32. The lowest BCUT2D eigenvalue weighted by molar-refractivity contribution is -0.384. The Morgan fingerprint density at radius 1 is 1.35 bits per heavy atom. The van der Waals surface area contributed by atoms with Crippen molar-refractivity contribution in [3.63, 3.8) is 0 Å². The molecule has 0 amide bonds. The number of nitrogens with two attached hydrogens (primary N) is 1. The van der Waals surface area contributed by atoms with Crippen LogP contribution in [0.3, 0.4) is 0 Å². The molecule has 88 valence electrons. The molecule has 1 aromatic heterocycles. The Morgan fingerprint density at radius 2 is 2.06 bits per heavy atom. The van der Waals surface area contributed by atoms with Gasteiger partial charge in [-0.2, -0.15) is 5.10 Å². The SMILES string of the molecule is NCc1ncnn1Cc1ccc([N+](=O)[O-])cc1. The molecule has 7 heteroatoms. The van der Waals surface area contributed by atoms with Crippen LogP contribution < -0.4 is 5.73 Å². The second-order valence-corrected chi connectivity index (χ2v) is 3.46. The van der Waals surface area contributed by atoms with Gasteiger partial charge >= 0.3 is 0 Å². The fourth-order valence-electron chi connectivity index (χ4n) is 1.47. The molecule has 0 unspecified atom stereocenters. The first kappa shape index (κ1) is 11.2. The van der Waals surface area contributed by atoms with Crippen molar-refractivity contribution in [2.24, 2.45) is 5.73 Å². The fraction of sp³-hybridized carbons (Fsp3) is 0.200. The Labute approximate surface area is 97.0 Å². The molecule has 2 N–H and O–H groups in total. The molecule has 2 rings (SSSR count). The largest absolute Gasteiger partial charge is 0.324 e. The molecule has 2 aromatic rings. The first-order valence-electron chi connectivity index (χ1n) is 5.01. The third-order valence-corrected chi connectivity index (χ3v) is 2.36. The number of rotatable bonds is 4. The Hall–Kier alpha value is -2.28. The molecule has 0 radical (unpaired) electrons. The first-order chi connectivity index (χ1) is 8.20. The standard InChI is InChI=1S/C10H11N5O2/c11-5-10-12-7-13-14(10)6-8-1-3-9(4-2-8)15(16)17/h1-4,7H,5-6,11H2. The van der Waals surface area contributed by atoms with E-state index in [0.29, 0.717) is 18.9 Å². The van der Waals surface area contributed by atoms with Gasteiger partial charge in [0.05, 0.1) is 18.0 Å². The number of nitrogens with zero attached hydrogens (tertiary/aromatic N) is 4. The van der Waals surface area contributed by atoms with Crippen LogP contribution in [-0.4, -0.2) is 19.7 Å². The zero-order valence-electron chi connectivity index (χ0n) is 8.98. The average Bonchev–Trinajstić information content (AvgIpc) is 2.77. The van der Waals surface area contributed by atoms with E-state index in [1.54, 1.807) is 16.8 Å². The summed E-state index contributed by atoms with van der Waals surface area (Å²) in [7, 11) is 0. The lowest BCUT2D eigenvalue weighted by Crippen LogP contribution is -2.10. The minimum Gasteiger partial charge on any atom is -0.324 e.